The second-order valence-corrected chi connectivity index (χ2v) is 10.1. The molecule has 3 aliphatic rings. The van der Waals surface area contributed by atoms with Crippen LogP contribution in [0.3, 0.4) is 0 Å². The first-order valence-electron chi connectivity index (χ1n) is 12.1. The molecule has 0 radical (unpaired) electrons. The first kappa shape index (κ1) is 22.8. The largest absolute Gasteiger partial charge is 0.350 e. The van der Waals surface area contributed by atoms with Gasteiger partial charge < -0.3 is 14.8 Å². The van der Waals surface area contributed by atoms with Crippen LogP contribution in [0.15, 0.2) is 48.7 Å². The molecule has 1 aliphatic heterocycles. The van der Waals surface area contributed by atoms with Crippen molar-refractivity contribution in [2.24, 2.45) is 11.8 Å². The molecule has 0 bridgehead atoms. The third-order valence-corrected chi connectivity index (χ3v) is 7.59. The topological polar surface area (TPSA) is 71.4 Å². The van der Waals surface area contributed by atoms with Gasteiger partial charge in [0.25, 0.3) is 0 Å². The molecule has 1 aromatic heterocycles. The molecule has 0 unspecified atom stereocenters. The Morgan fingerprint density at radius 1 is 1.08 bits per heavy atom. The van der Waals surface area contributed by atoms with Crippen LogP contribution in [-0.4, -0.2) is 39.1 Å². The highest BCUT2D eigenvalue weighted by molar-refractivity contribution is 6.30. The fourth-order valence-electron chi connectivity index (χ4n) is 5.19. The highest BCUT2D eigenvalue weighted by Crippen LogP contribution is 2.37. The van der Waals surface area contributed by atoms with Gasteiger partial charge in [0.2, 0.25) is 11.8 Å². The van der Waals surface area contributed by atoms with Gasteiger partial charge in [-0.25, -0.2) is 4.39 Å². The van der Waals surface area contributed by atoms with Gasteiger partial charge in [0.1, 0.15) is 24.4 Å². The predicted octanol–water partition coefficient (Wildman–Crippen LogP) is 3.95. The Labute approximate surface area is 212 Å². The van der Waals surface area contributed by atoms with Crippen LogP contribution in [-0.2, 0) is 22.7 Å². The maximum absolute atomic E-state index is 14.3. The Morgan fingerprint density at radius 3 is 2.64 bits per heavy atom. The number of hydrogen-bond donors (Lipinski definition) is 1. The summed E-state index contributed by atoms with van der Waals surface area (Å²) in [5.74, 6) is 5.03. The van der Waals surface area contributed by atoms with Gasteiger partial charge in [-0.15, -0.1) is 0 Å². The van der Waals surface area contributed by atoms with Crippen LogP contribution >= 0.6 is 11.6 Å². The molecule has 2 amide bonds. The number of aromatic nitrogens is 1. The maximum atomic E-state index is 14.3. The summed E-state index contributed by atoms with van der Waals surface area (Å²) < 4.78 is 16.1. The summed E-state index contributed by atoms with van der Waals surface area (Å²) in [6.07, 6.45) is 4.01. The molecule has 2 aliphatic carbocycles. The molecule has 1 saturated carbocycles. The fraction of sp³-hybridized carbons (Fsp3) is 0.321. The van der Waals surface area contributed by atoms with Crippen molar-refractivity contribution in [2.75, 3.05) is 0 Å². The number of carbonyl (C=O) groups excluding carboxylic acids is 3. The molecule has 3 atom stereocenters. The smallest absolute Gasteiger partial charge is 0.244 e. The Morgan fingerprint density at radius 2 is 1.89 bits per heavy atom. The van der Waals surface area contributed by atoms with Gasteiger partial charge in [0, 0.05) is 40.7 Å². The lowest BCUT2D eigenvalue weighted by atomic mass is 9.92. The van der Waals surface area contributed by atoms with Crippen molar-refractivity contribution in [1.82, 2.24) is 14.8 Å². The fourth-order valence-corrected chi connectivity index (χ4v) is 5.38. The summed E-state index contributed by atoms with van der Waals surface area (Å²) in [5.41, 5.74) is 1.72. The summed E-state index contributed by atoms with van der Waals surface area (Å²) >= 11 is 5.85. The monoisotopic (exact) mass is 503 g/mol. The average Bonchev–Trinajstić information content (AvgIpc) is 3.60. The van der Waals surface area contributed by atoms with Crippen LogP contribution in [0.25, 0.3) is 10.9 Å². The lowest BCUT2D eigenvalue weighted by Crippen LogP contribution is -2.50. The minimum Gasteiger partial charge on any atom is -0.350 e. The number of hydrogen-bond acceptors (Lipinski definition) is 3. The van der Waals surface area contributed by atoms with E-state index in [4.69, 9.17) is 11.6 Å². The van der Waals surface area contributed by atoms with E-state index in [-0.39, 0.29) is 59.2 Å². The van der Waals surface area contributed by atoms with Crippen LogP contribution in [0.4, 0.5) is 4.39 Å². The molecule has 6 nitrogen and oxygen atoms in total. The third-order valence-electron chi connectivity index (χ3n) is 7.29. The second kappa shape index (κ2) is 8.79. The molecule has 0 spiro atoms. The van der Waals surface area contributed by atoms with Gasteiger partial charge in [-0.05, 0) is 31.4 Å². The normalized spacial score (nSPS) is 21.9. The van der Waals surface area contributed by atoms with Crippen LogP contribution in [0.5, 0.6) is 0 Å². The van der Waals surface area contributed by atoms with E-state index in [1.54, 1.807) is 27.8 Å². The molecule has 1 saturated heterocycles. The van der Waals surface area contributed by atoms with Crippen LogP contribution in [0, 0.1) is 29.5 Å². The van der Waals surface area contributed by atoms with E-state index >= 15 is 0 Å². The van der Waals surface area contributed by atoms with Gasteiger partial charge in [0.05, 0.1) is 10.9 Å². The summed E-state index contributed by atoms with van der Waals surface area (Å²) in [7, 11) is 0. The van der Waals surface area contributed by atoms with Crippen molar-refractivity contribution >= 4 is 40.1 Å². The van der Waals surface area contributed by atoms with E-state index in [0.29, 0.717) is 12.0 Å². The summed E-state index contributed by atoms with van der Waals surface area (Å²) in [6, 6.07) is 11.2. The number of carbonyl (C=O) groups is 3. The average molecular weight is 504 g/mol. The predicted molar refractivity (Wildman–Crippen MR) is 133 cm³/mol. The van der Waals surface area contributed by atoms with Crippen molar-refractivity contribution in [3.8, 4) is 11.8 Å². The molecule has 8 heteroatoms. The van der Waals surface area contributed by atoms with E-state index in [1.165, 1.54) is 6.07 Å². The zero-order chi connectivity index (χ0) is 25.0. The van der Waals surface area contributed by atoms with Crippen molar-refractivity contribution < 1.29 is 18.8 Å². The zero-order valence-corrected chi connectivity index (χ0v) is 20.1. The molecule has 3 aromatic rings. The lowest BCUT2D eigenvalue weighted by Gasteiger charge is -2.29. The Bertz CT molecular complexity index is 1480. The van der Waals surface area contributed by atoms with Crippen LogP contribution in [0.2, 0.25) is 5.02 Å². The van der Waals surface area contributed by atoms with Crippen molar-refractivity contribution in [2.45, 2.75) is 44.4 Å². The lowest BCUT2D eigenvalue weighted by molar-refractivity contribution is -0.140. The van der Waals surface area contributed by atoms with Crippen LogP contribution < -0.4 is 5.32 Å². The summed E-state index contributed by atoms with van der Waals surface area (Å²) in [4.78, 5) is 41.1. The van der Waals surface area contributed by atoms with Gasteiger partial charge in [0.15, 0.2) is 5.78 Å². The number of fused-ring (bicyclic) bond motifs is 2. The molecule has 6 rings (SSSR count). The van der Waals surface area contributed by atoms with Crippen molar-refractivity contribution in [3.05, 3.63) is 70.6 Å². The number of likely N-dealkylation sites (tertiary alicyclic amines) is 1. The molecule has 2 heterocycles. The number of halogens is 2. The van der Waals surface area contributed by atoms with Gasteiger partial charge in [-0.3, -0.25) is 14.4 Å². The number of nitrogens with zero attached hydrogens (tertiary/aromatic N) is 2. The van der Waals surface area contributed by atoms with E-state index in [9.17, 15) is 18.8 Å². The van der Waals surface area contributed by atoms with E-state index < -0.39 is 11.9 Å². The van der Waals surface area contributed by atoms with Crippen molar-refractivity contribution in [3.63, 3.8) is 0 Å². The standard InChI is InChI=1S/C28H23ClFN3O3/c29-21-6-3-4-18(26(21)30)13-31-28(36)24-12-17-10-11-22(17)33(24)25(34)15-32-14-20(27(35)16-8-9-16)19-5-1-2-7-23(19)32/h1-7,14,16-17,22,24H,8-9,12-13,15H2,(H,31,36)/t17-,22-,24+/m1/s1. The maximum Gasteiger partial charge on any atom is 0.244 e. The highest BCUT2D eigenvalue weighted by Gasteiger charge is 2.48. The van der Waals surface area contributed by atoms with E-state index in [0.717, 1.165) is 23.7 Å². The van der Waals surface area contributed by atoms with E-state index in [2.05, 4.69) is 17.2 Å². The van der Waals surface area contributed by atoms with Crippen LogP contribution in [0.1, 0.15) is 35.2 Å². The molecule has 36 heavy (non-hydrogen) atoms. The number of Topliss-reactive ketones (excluding diaryl/α,β-unsaturated/α-hetero) is 1. The quantitative estimate of drug-likeness (QED) is 0.392. The number of benzene rings is 2. The number of nitrogens with one attached hydrogen (secondary N) is 1. The number of amides is 2. The SMILES string of the molecule is O=C(c1cn(CC(=O)N2[C@@H]3C#C[C@@H]3C[C@H]2C(=O)NCc2cccc(Cl)c2F)c2ccccc12)C1CC1. The molecular weight excluding hydrogens is 481 g/mol. The molecule has 2 aromatic carbocycles. The Kier molecular flexibility index (Phi) is 5.57. The highest BCUT2D eigenvalue weighted by atomic mass is 35.5. The first-order chi connectivity index (χ1) is 17.4. The van der Waals surface area contributed by atoms with Gasteiger partial charge in [-0.2, -0.15) is 0 Å². The summed E-state index contributed by atoms with van der Waals surface area (Å²) in [6.45, 7) is -0.0368. The van der Waals surface area contributed by atoms with E-state index in [1.807, 2.05) is 24.3 Å². The molecule has 1 N–H and O–H groups in total. The first-order valence-corrected chi connectivity index (χ1v) is 12.4. The minimum absolute atomic E-state index is 0.00391. The third kappa shape index (κ3) is 3.86. The molecular formula is C28H23ClFN3O3. The number of para-hydroxylation sites is 1. The number of rotatable bonds is 7. The van der Waals surface area contributed by atoms with Gasteiger partial charge in [-0.1, -0.05) is 53.8 Å². The minimum atomic E-state index is -0.716. The summed E-state index contributed by atoms with van der Waals surface area (Å²) in [5, 5.41) is 3.58. The second-order valence-electron chi connectivity index (χ2n) is 9.65. The molecule has 182 valence electrons. The zero-order valence-electron chi connectivity index (χ0n) is 19.3. The Hall–Kier alpha value is -3.63. The number of ketones is 1. The molecule has 2 fully saturated rings. The van der Waals surface area contributed by atoms with Crippen molar-refractivity contribution in [1.29, 1.82) is 0 Å². The van der Waals surface area contributed by atoms with Gasteiger partial charge >= 0.3 is 0 Å². The Balaban J connectivity index is 1.22.